The fraction of sp³-hybridized carbons (Fsp3) is 0.200. The summed E-state index contributed by atoms with van der Waals surface area (Å²) in [6, 6.07) is 8.20. The van der Waals surface area contributed by atoms with Crippen molar-refractivity contribution in [2.75, 3.05) is 7.05 Å². The molecule has 0 bridgehead atoms. The monoisotopic (exact) mass is 286 g/mol. The molecule has 5 heteroatoms. The highest BCUT2D eigenvalue weighted by Gasteiger charge is 2.11. The van der Waals surface area contributed by atoms with E-state index >= 15 is 0 Å². The Labute approximate surface area is 122 Å². The van der Waals surface area contributed by atoms with Gasteiger partial charge in [-0.2, -0.15) is 5.10 Å². The number of halogens is 1. The third-order valence-electron chi connectivity index (χ3n) is 3.28. The van der Waals surface area contributed by atoms with E-state index < -0.39 is 0 Å². The third kappa shape index (κ3) is 2.17. The van der Waals surface area contributed by atoms with Crippen LogP contribution in [0.1, 0.15) is 11.3 Å². The maximum Gasteiger partial charge on any atom is 0.161 e. The first-order valence-electron chi connectivity index (χ1n) is 6.44. The molecule has 0 spiro atoms. The van der Waals surface area contributed by atoms with Crippen LogP contribution in [0.2, 0.25) is 5.02 Å². The van der Waals surface area contributed by atoms with Gasteiger partial charge in [0, 0.05) is 18.1 Å². The average Bonchev–Trinajstić information content (AvgIpc) is 2.79. The molecule has 2 heterocycles. The molecular formula is C15H15ClN4. The lowest BCUT2D eigenvalue weighted by Gasteiger charge is -2.10. The minimum atomic E-state index is 0.648. The van der Waals surface area contributed by atoms with Crippen LogP contribution in [0, 0.1) is 6.92 Å². The summed E-state index contributed by atoms with van der Waals surface area (Å²) in [7, 11) is 1.93. The smallest absolute Gasteiger partial charge is 0.161 e. The number of benzene rings is 1. The lowest BCUT2D eigenvalue weighted by Crippen LogP contribution is -2.08. The van der Waals surface area contributed by atoms with Crippen LogP contribution in [0.4, 0.5) is 0 Å². The molecule has 0 atom stereocenters. The SMILES string of the molecule is CNCc1cnc(-n2cc(Cl)c(C)n2)c2ccccc12. The van der Waals surface area contributed by atoms with E-state index in [-0.39, 0.29) is 0 Å². The molecule has 0 amide bonds. The Kier molecular flexibility index (Phi) is 3.42. The number of aromatic nitrogens is 3. The fourth-order valence-corrected chi connectivity index (χ4v) is 2.43. The molecule has 0 unspecified atom stereocenters. The zero-order chi connectivity index (χ0) is 14.1. The van der Waals surface area contributed by atoms with E-state index in [1.807, 2.05) is 32.3 Å². The molecule has 1 N–H and O–H groups in total. The summed E-state index contributed by atoms with van der Waals surface area (Å²) >= 11 is 6.09. The van der Waals surface area contributed by atoms with Crippen molar-refractivity contribution in [1.82, 2.24) is 20.1 Å². The van der Waals surface area contributed by atoms with Gasteiger partial charge in [0.05, 0.1) is 16.9 Å². The summed E-state index contributed by atoms with van der Waals surface area (Å²) in [6.07, 6.45) is 3.68. The summed E-state index contributed by atoms with van der Waals surface area (Å²) in [5, 5.41) is 10.5. The van der Waals surface area contributed by atoms with Gasteiger partial charge in [0.1, 0.15) is 0 Å². The fourth-order valence-electron chi connectivity index (χ4n) is 2.30. The van der Waals surface area contributed by atoms with E-state index in [1.165, 1.54) is 10.9 Å². The number of hydrogen-bond donors (Lipinski definition) is 1. The predicted octanol–water partition coefficient (Wildman–Crippen LogP) is 3.10. The van der Waals surface area contributed by atoms with Crippen LogP contribution in [0.3, 0.4) is 0 Å². The molecule has 0 aliphatic heterocycles. The quantitative estimate of drug-likeness (QED) is 0.804. The van der Waals surface area contributed by atoms with Gasteiger partial charge in [-0.25, -0.2) is 9.67 Å². The van der Waals surface area contributed by atoms with Gasteiger partial charge >= 0.3 is 0 Å². The molecule has 2 aromatic heterocycles. The summed E-state index contributed by atoms with van der Waals surface area (Å²) in [4.78, 5) is 4.55. The highest BCUT2D eigenvalue weighted by atomic mass is 35.5. The Hall–Kier alpha value is -1.91. The standard InChI is InChI=1S/C15H15ClN4/c1-10-14(16)9-20(19-10)15-13-6-4-3-5-12(13)11(7-17-2)8-18-15/h3-6,8-9,17H,7H2,1-2H3. The second kappa shape index (κ2) is 5.23. The van der Waals surface area contributed by atoms with Gasteiger partial charge in [0.25, 0.3) is 0 Å². The van der Waals surface area contributed by atoms with Gasteiger partial charge in [-0.1, -0.05) is 35.9 Å². The molecule has 0 saturated heterocycles. The lowest BCUT2D eigenvalue weighted by molar-refractivity contribution is 0.809. The number of fused-ring (bicyclic) bond motifs is 1. The summed E-state index contributed by atoms with van der Waals surface area (Å²) in [5.74, 6) is 0.801. The van der Waals surface area contributed by atoms with Crippen LogP contribution in [0.25, 0.3) is 16.6 Å². The van der Waals surface area contributed by atoms with E-state index in [0.29, 0.717) is 5.02 Å². The van der Waals surface area contributed by atoms with Gasteiger partial charge < -0.3 is 5.32 Å². The van der Waals surface area contributed by atoms with Gasteiger partial charge in [0.2, 0.25) is 0 Å². The van der Waals surface area contributed by atoms with Gasteiger partial charge in [-0.05, 0) is 24.9 Å². The Morgan fingerprint density at radius 3 is 2.65 bits per heavy atom. The van der Waals surface area contributed by atoms with Crippen molar-refractivity contribution in [3.8, 4) is 5.82 Å². The van der Waals surface area contributed by atoms with Crippen LogP contribution in [-0.2, 0) is 6.54 Å². The Morgan fingerprint density at radius 2 is 2.00 bits per heavy atom. The molecule has 0 fully saturated rings. The minimum absolute atomic E-state index is 0.648. The maximum atomic E-state index is 6.09. The van der Waals surface area contributed by atoms with Crippen molar-refractivity contribution >= 4 is 22.4 Å². The van der Waals surface area contributed by atoms with Crippen molar-refractivity contribution < 1.29 is 0 Å². The summed E-state index contributed by atoms with van der Waals surface area (Å²) in [6.45, 7) is 2.67. The van der Waals surface area contributed by atoms with Gasteiger partial charge in [0.15, 0.2) is 5.82 Å². The topological polar surface area (TPSA) is 42.7 Å². The van der Waals surface area contributed by atoms with Crippen LogP contribution in [0.15, 0.2) is 36.7 Å². The van der Waals surface area contributed by atoms with Crippen LogP contribution in [0.5, 0.6) is 0 Å². The maximum absolute atomic E-state index is 6.09. The number of pyridine rings is 1. The molecule has 102 valence electrons. The first kappa shape index (κ1) is 13.1. The molecule has 20 heavy (non-hydrogen) atoms. The first-order chi connectivity index (χ1) is 9.70. The lowest BCUT2D eigenvalue weighted by atomic mass is 10.1. The number of rotatable bonds is 3. The molecule has 0 saturated carbocycles. The summed E-state index contributed by atoms with van der Waals surface area (Å²) < 4.78 is 1.74. The van der Waals surface area contributed by atoms with Crippen molar-refractivity contribution in [3.63, 3.8) is 0 Å². The average molecular weight is 287 g/mol. The third-order valence-corrected chi connectivity index (χ3v) is 3.65. The molecule has 0 aliphatic rings. The predicted molar refractivity (Wildman–Crippen MR) is 81.4 cm³/mol. The van der Waals surface area contributed by atoms with E-state index in [2.05, 4.69) is 27.5 Å². The van der Waals surface area contributed by atoms with Crippen LogP contribution >= 0.6 is 11.6 Å². The second-order valence-corrected chi connectivity index (χ2v) is 5.10. The number of nitrogens with zero attached hydrogens (tertiary/aromatic N) is 3. The highest BCUT2D eigenvalue weighted by Crippen LogP contribution is 2.24. The van der Waals surface area contributed by atoms with E-state index in [1.54, 1.807) is 10.9 Å². The van der Waals surface area contributed by atoms with Crippen molar-refractivity contribution in [2.24, 2.45) is 0 Å². The normalized spacial score (nSPS) is 11.2. The summed E-state index contributed by atoms with van der Waals surface area (Å²) in [5.41, 5.74) is 1.97. The van der Waals surface area contributed by atoms with E-state index in [9.17, 15) is 0 Å². The molecule has 0 aliphatic carbocycles. The molecule has 4 nitrogen and oxygen atoms in total. The van der Waals surface area contributed by atoms with Gasteiger partial charge in [-0.3, -0.25) is 0 Å². The zero-order valence-corrected chi connectivity index (χ0v) is 12.1. The molecule has 1 aromatic carbocycles. The molecule has 3 aromatic rings. The van der Waals surface area contributed by atoms with Crippen molar-refractivity contribution in [3.05, 3.63) is 52.9 Å². The van der Waals surface area contributed by atoms with Crippen molar-refractivity contribution in [2.45, 2.75) is 13.5 Å². The Morgan fingerprint density at radius 1 is 1.25 bits per heavy atom. The first-order valence-corrected chi connectivity index (χ1v) is 6.82. The molecule has 3 rings (SSSR count). The van der Waals surface area contributed by atoms with Crippen LogP contribution in [-0.4, -0.2) is 21.8 Å². The van der Waals surface area contributed by atoms with Crippen LogP contribution < -0.4 is 5.32 Å². The minimum Gasteiger partial charge on any atom is -0.316 e. The van der Waals surface area contributed by atoms with Gasteiger partial charge in [-0.15, -0.1) is 0 Å². The highest BCUT2D eigenvalue weighted by molar-refractivity contribution is 6.31. The largest absolute Gasteiger partial charge is 0.316 e. The zero-order valence-electron chi connectivity index (χ0n) is 11.4. The number of nitrogens with one attached hydrogen (secondary N) is 1. The Balaban J connectivity index is 2.24. The van der Waals surface area contributed by atoms with E-state index in [4.69, 9.17) is 11.6 Å². The number of aryl methyl sites for hydroxylation is 1. The van der Waals surface area contributed by atoms with E-state index in [0.717, 1.165) is 23.4 Å². The Bertz CT molecular complexity index is 744. The van der Waals surface area contributed by atoms with Crippen molar-refractivity contribution in [1.29, 1.82) is 0 Å². The molecule has 0 radical (unpaired) electrons. The number of hydrogen-bond acceptors (Lipinski definition) is 3. The second-order valence-electron chi connectivity index (χ2n) is 4.69. The molecular weight excluding hydrogens is 272 g/mol.